The number of aryl methyl sites for hydroxylation is 1. The molecule has 2 rings (SSSR count). The van der Waals surface area contributed by atoms with Crippen LogP contribution in [0.2, 0.25) is 0 Å². The zero-order chi connectivity index (χ0) is 11.4. The Balaban J connectivity index is 2.18. The molecule has 0 atom stereocenters. The van der Waals surface area contributed by atoms with Crippen LogP contribution in [0.15, 0.2) is 24.5 Å². The summed E-state index contributed by atoms with van der Waals surface area (Å²) < 4.78 is 0. The molecule has 2 aromatic heterocycles. The first-order valence-corrected chi connectivity index (χ1v) is 6.19. The van der Waals surface area contributed by atoms with Crippen molar-refractivity contribution in [2.24, 2.45) is 0 Å². The van der Waals surface area contributed by atoms with E-state index in [2.05, 4.69) is 35.2 Å². The van der Waals surface area contributed by atoms with Crippen molar-refractivity contribution in [1.29, 1.82) is 0 Å². The molecule has 1 N–H and O–H groups in total. The third-order valence-electron chi connectivity index (χ3n) is 2.24. The van der Waals surface area contributed by atoms with E-state index in [-0.39, 0.29) is 0 Å². The van der Waals surface area contributed by atoms with Gasteiger partial charge in [-0.3, -0.25) is 4.98 Å². The van der Waals surface area contributed by atoms with E-state index in [1.54, 1.807) is 11.3 Å². The van der Waals surface area contributed by atoms with Crippen molar-refractivity contribution in [3.63, 3.8) is 0 Å². The van der Waals surface area contributed by atoms with Crippen molar-refractivity contribution >= 4 is 11.3 Å². The average Bonchev–Trinajstić information content (AvgIpc) is 2.75. The number of nitrogens with one attached hydrogen (secondary N) is 1. The Kier molecular flexibility index (Phi) is 3.64. The topological polar surface area (TPSA) is 37.8 Å². The van der Waals surface area contributed by atoms with Gasteiger partial charge in [-0.05, 0) is 31.2 Å². The Labute approximate surface area is 99.6 Å². The minimum atomic E-state index is 0.889. The molecule has 0 amide bonds. The number of hydrogen-bond acceptors (Lipinski definition) is 4. The molecule has 2 aromatic rings. The lowest BCUT2D eigenvalue weighted by Crippen LogP contribution is -2.10. The molecule has 0 fully saturated rings. The van der Waals surface area contributed by atoms with Gasteiger partial charge in [0.15, 0.2) is 0 Å². The molecule has 0 radical (unpaired) electrons. The molecule has 0 saturated carbocycles. The third-order valence-corrected chi connectivity index (χ3v) is 3.26. The Bertz CT molecular complexity index is 465. The smallest absolute Gasteiger partial charge is 0.142 e. The van der Waals surface area contributed by atoms with Crippen LogP contribution in [0.5, 0.6) is 0 Å². The van der Waals surface area contributed by atoms with Gasteiger partial charge in [-0.1, -0.05) is 6.92 Å². The minimum absolute atomic E-state index is 0.889. The van der Waals surface area contributed by atoms with Crippen LogP contribution in [0.25, 0.3) is 10.7 Å². The summed E-state index contributed by atoms with van der Waals surface area (Å²) in [5, 5.41) is 4.29. The molecule has 0 aliphatic carbocycles. The van der Waals surface area contributed by atoms with E-state index in [0.717, 1.165) is 23.8 Å². The number of pyridine rings is 1. The molecular weight excluding hydrogens is 218 g/mol. The summed E-state index contributed by atoms with van der Waals surface area (Å²) in [6, 6.07) is 4.06. The minimum Gasteiger partial charge on any atom is -0.312 e. The lowest BCUT2D eigenvalue weighted by Gasteiger charge is -1.97. The fourth-order valence-corrected chi connectivity index (χ4v) is 2.26. The van der Waals surface area contributed by atoms with Gasteiger partial charge < -0.3 is 5.32 Å². The molecular formula is C12H15N3S. The zero-order valence-electron chi connectivity index (χ0n) is 9.53. The van der Waals surface area contributed by atoms with E-state index in [1.807, 2.05) is 18.5 Å². The van der Waals surface area contributed by atoms with Crippen molar-refractivity contribution in [1.82, 2.24) is 15.3 Å². The maximum atomic E-state index is 4.40. The number of rotatable bonds is 4. The molecule has 2 heterocycles. The molecule has 0 unspecified atom stereocenters. The summed E-state index contributed by atoms with van der Waals surface area (Å²) >= 11 is 1.70. The van der Waals surface area contributed by atoms with Crippen LogP contribution in [0.3, 0.4) is 0 Å². The lowest BCUT2D eigenvalue weighted by molar-refractivity contribution is 0.734. The first-order chi connectivity index (χ1) is 7.79. The second-order valence-electron chi connectivity index (χ2n) is 3.63. The van der Waals surface area contributed by atoms with Crippen LogP contribution in [-0.4, -0.2) is 16.5 Å². The van der Waals surface area contributed by atoms with Gasteiger partial charge in [-0.2, -0.15) is 0 Å². The molecule has 0 aliphatic rings. The number of nitrogens with zero attached hydrogens (tertiary/aromatic N) is 2. The predicted molar refractivity (Wildman–Crippen MR) is 67.5 cm³/mol. The SMILES string of the molecule is CCNCc1cnc(-c2cc(C)ccn2)s1. The van der Waals surface area contributed by atoms with Crippen LogP contribution in [-0.2, 0) is 6.54 Å². The Morgan fingerprint density at radius 1 is 1.38 bits per heavy atom. The maximum Gasteiger partial charge on any atom is 0.142 e. The van der Waals surface area contributed by atoms with E-state index in [1.165, 1.54) is 10.4 Å². The van der Waals surface area contributed by atoms with Crippen LogP contribution in [0.4, 0.5) is 0 Å². The molecule has 0 aromatic carbocycles. The van der Waals surface area contributed by atoms with Gasteiger partial charge in [0.2, 0.25) is 0 Å². The summed E-state index contributed by atoms with van der Waals surface area (Å²) in [7, 11) is 0. The number of hydrogen-bond donors (Lipinski definition) is 1. The molecule has 16 heavy (non-hydrogen) atoms. The summed E-state index contributed by atoms with van der Waals surface area (Å²) in [6.45, 7) is 6.04. The van der Waals surface area contributed by atoms with Crippen molar-refractivity contribution in [3.05, 3.63) is 35.0 Å². The van der Waals surface area contributed by atoms with E-state index < -0.39 is 0 Å². The van der Waals surface area contributed by atoms with Gasteiger partial charge in [0, 0.05) is 23.8 Å². The van der Waals surface area contributed by atoms with Gasteiger partial charge in [0.25, 0.3) is 0 Å². The highest BCUT2D eigenvalue weighted by molar-refractivity contribution is 7.14. The highest BCUT2D eigenvalue weighted by Gasteiger charge is 2.05. The molecule has 4 heteroatoms. The van der Waals surface area contributed by atoms with Crippen molar-refractivity contribution in [2.45, 2.75) is 20.4 Å². The second-order valence-corrected chi connectivity index (χ2v) is 4.75. The van der Waals surface area contributed by atoms with Crippen LogP contribution in [0, 0.1) is 6.92 Å². The molecule has 0 aliphatic heterocycles. The van der Waals surface area contributed by atoms with Crippen LogP contribution >= 0.6 is 11.3 Å². The van der Waals surface area contributed by atoms with Gasteiger partial charge in [-0.25, -0.2) is 4.98 Å². The van der Waals surface area contributed by atoms with Crippen LogP contribution in [0.1, 0.15) is 17.4 Å². The second kappa shape index (κ2) is 5.18. The Hall–Kier alpha value is -1.26. The van der Waals surface area contributed by atoms with E-state index in [4.69, 9.17) is 0 Å². The predicted octanol–water partition coefficient (Wildman–Crippen LogP) is 2.62. The van der Waals surface area contributed by atoms with E-state index in [9.17, 15) is 0 Å². The first-order valence-electron chi connectivity index (χ1n) is 5.38. The molecule has 0 saturated heterocycles. The molecule has 3 nitrogen and oxygen atoms in total. The van der Waals surface area contributed by atoms with Crippen LogP contribution < -0.4 is 5.32 Å². The third kappa shape index (κ3) is 2.65. The lowest BCUT2D eigenvalue weighted by atomic mass is 10.2. The van der Waals surface area contributed by atoms with Gasteiger partial charge in [-0.15, -0.1) is 11.3 Å². The number of thiazole rings is 1. The zero-order valence-corrected chi connectivity index (χ0v) is 10.3. The number of aromatic nitrogens is 2. The van der Waals surface area contributed by atoms with Gasteiger partial charge in [0.1, 0.15) is 5.01 Å². The van der Waals surface area contributed by atoms with Crippen molar-refractivity contribution in [3.8, 4) is 10.7 Å². The monoisotopic (exact) mass is 233 g/mol. The first kappa shape index (κ1) is 11.2. The van der Waals surface area contributed by atoms with E-state index in [0.29, 0.717) is 0 Å². The Morgan fingerprint density at radius 3 is 3.00 bits per heavy atom. The summed E-state index contributed by atoms with van der Waals surface area (Å²) in [6.07, 6.45) is 3.75. The van der Waals surface area contributed by atoms with Crippen molar-refractivity contribution < 1.29 is 0 Å². The standard InChI is InChI=1S/C12H15N3S/c1-3-13-7-10-8-15-12(16-10)11-6-9(2)4-5-14-11/h4-6,8,13H,3,7H2,1-2H3. The average molecular weight is 233 g/mol. The highest BCUT2D eigenvalue weighted by Crippen LogP contribution is 2.23. The summed E-state index contributed by atoms with van der Waals surface area (Å²) in [5.74, 6) is 0. The van der Waals surface area contributed by atoms with Crippen molar-refractivity contribution in [2.75, 3.05) is 6.54 Å². The van der Waals surface area contributed by atoms with Gasteiger partial charge in [0.05, 0.1) is 5.69 Å². The quantitative estimate of drug-likeness (QED) is 0.882. The summed E-state index contributed by atoms with van der Waals surface area (Å²) in [4.78, 5) is 9.98. The molecule has 84 valence electrons. The highest BCUT2D eigenvalue weighted by atomic mass is 32.1. The van der Waals surface area contributed by atoms with Gasteiger partial charge >= 0.3 is 0 Å². The fourth-order valence-electron chi connectivity index (χ4n) is 1.41. The Morgan fingerprint density at radius 2 is 2.25 bits per heavy atom. The fraction of sp³-hybridized carbons (Fsp3) is 0.333. The van der Waals surface area contributed by atoms with E-state index >= 15 is 0 Å². The normalized spacial score (nSPS) is 10.6. The summed E-state index contributed by atoms with van der Waals surface area (Å²) in [5.41, 5.74) is 2.18. The largest absolute Gasteiger partial charge is 0.312 e. The maximum absolute atomic E-state index is 4.40. The molecule has 0 spiro atoms. The molecule has 0 bridgehead atoms.